The molecule has 3 aliphatic rings. The van der Waals surface area contributed by atoms with Gasteiger partial charge in [-0.15, -0.1) is 0 Å². The first-order chi connectivity index (χ1) is 24.8. The van der Waals surface area contributed by atoms with Crippen molar-refractivity contribution < 1.29 is 0 Å². The molecule has 0 heterocycles. The first-order valence-electron chi connectivity index (χ1n) is 18.4. The van der Waals surface area contributed by atoms with E-state index in [-0.39, 0.29) is 10.8 Å². The molecule has 0 fully saturated rings. The third-order valence-corrected chi connectivity index (χ3v) is 12.2. The van der Waals surface area contributed by atoms with Crippen LogP contribution in [0.5, 0.6) is 0 Å². The van der Waals surface area contributed by atoms with Gasteiger partial charge in [0.2, 0.25) is 0 Å². The number of hydrogen-bond donors (Lipinski definition) is 0. The van der Waals surface area contributed by atoms with E-state index in [9.17, 15) is 0 Å². The Labute approximate surface area is 301 Å². The average Bonchev–Trinajstić information content (AvgIpc) is 3.54. The fourth-order valence-electron chi connectivity index (χ4n) is 9.42. The predicted octanol–water partition coefficient (Wildman–Crippen LogP) is 13.4. The number of rotatable bonds is 4. The van der Waals surface area contributed by atoms with Crippen molar-refractivity contribution in [3.05, 3.63) is 191 Å². The van der Waals surface area contributed by atoms with Gasteiger partial charge in [0.05, 0.1) is 5.69 Å². The normalized spacial score (nSPS) is 17.5. The fraction of sp³-hybridized carbons (Fsp3) is 0.160. The van der Waals surface area contributed by atoms with Crippen molar-refractivity contribution in [1.82, 2.24) is 0 Å². The SMILES string of the molecule is CC1(C)c2ccccc2-c2ccc(N(C3=CCC(c4ccc5ccccc5c4)C=C3)c3c4c(cc5ccccc35)C(C)(C)c3ccccc3-4)cc21. The van der Waals surface area contributed by atoms with E-state index in [0.29, 0.717) is 5.92 Å². The van der Waals surface area contributed by atoms with Crippen molar-refractivity contribution in [1.29, 1.82) is 0 Å². The van der Waals surface area contributed by atoms with E-state index in [4.69, 9.17) is 0 Å². The zero-order valence-corrected chi connectivity index (χ0v) is 29.7. The molecular weight excluding hydrogens is 615 g/mol. The Balaban J connectivity index is 1.20. The minimum absolute atomic E-state index is 0.0964. The molecule has 0 aromatic heterocycles. The first kappa shape index (κ1) is 30.2. The molecule has 0 bridgehead atoms. The highest BCUT2D eigenvalue weighted by Crippen LogP contribution is 2.57. The van der Waals surface area contributed by atoms with Gasteiger partial charge in [-0.05, 0) is 91.4 Å². The van der Waals surface area contributed by atoms with Crippen molar-refractivity contribution >= 4 is 32.9 Å². The molecule has 0 N–H and O–H groups in total. The first-order valence-corrected chi connectivity index (χ1v) is 18.4. The molecule has 246 valence electrons. The summed E-state index contributed by atoms with van der Waals surface area (Å²) in [6.07, 6.45) is 8.24. The lowest BCUT2D eigenvalue weighted by Crippen LogP contribution is -2.21. The number of fused-ring (bicyclic) bond motifs is 8. The van der Waals surface area contributed by atoms with Crippen molar-refractivity contribution in [3.8, 4) is 22.3 Å². The molecule has 1 atom stereocenters. The Kier molecular flexibility index (Phi) is 6.46. The lowest BCUT2D eigenvalue weighted by Gasteiger charge is -2.33. The van der Waals surface area contributed by atoms with Crippen LogP contribution in [0.4, 0.5) is 11.4 Å². The second-order valence-electron chi connectivity index (χ2n) is 15.7. The summed E-state index contributed by atoms with van der Waals surface area (Å²) in [4.78, 5) is 2.59. The van der Waals surface area contributed by atoms with Crippen LogP contribution in [0.3, 0.4) is 0 Å². The molecule has 0 amide bonds. The summed E-state index contributed by atoms with van der Waals surface area (Å²) in [5, 5.41) is 5.14. The lowest BCUT2D eigenvalue weighted by atomic mass is 9.81. The van der Waals surface area contributed by atoms with Crippen LogP contribution in [-0.4, -0.2) is 0 Å². The smallest absolute Gasteiger partial charge is 0.0621 e. The molecule has 7 aromatic carbocycles. The maximum absolute atomic E-state index is 2.59. The second kappa shape index (κ2) is 10.9. The maximum Gasteiger partial charge on any atom is 0.0621 e. The minimum atomic E-state index is -0.115. The van der Waals surface area contributed by atoms with Crippen LogP contribution in [0.2, 0.25) is 0 Å². The van der Waals surface area contributed by atoms with Gasteiger partial charge in [-0.3, -0.25) is 0 Å². The molecule has 7 aromatic rings. The zero-order chi connectivity index (χ0) is 34.5. The summed E-state index contributed by atoms with van der Waals surface area (Å²) in [7, 11) is 0. The van der Waals surface area contributed by atoms with Crippen LogP contribution < -0.4 is 4.90 Å². The van der Waals surface area contributed by atoms with Crippen molar-refractivity contribution in [2.24, 2.45) is 0 Å². The standard InChI is InChI=1S/C50H41N/c1-49(2)43-19-11-9-17-40(43)41-28-27-38(31-45(41)49)51(37-25-23-33(24-26-37)35-22-21-32-13-5-6-14-34(32)29-35)48-39-16-8-7-15-36(39)30-46-47(48)42-18-10-12-20-44(42)50(46,3)4/h5-23,25-31,33H,24H2,1-4H3. The van der Waals surface area contributed by atoms with Crippen LogP contribution >= 0.6 is 0 Å². The van der Waals surface area contributed by atoms with Gasteiger partial charge in [0.1, 0.15) is 0 Å². The third kappa shape index (κ3) is 4.40. The molecule has 0 spiro atoms. The van der Waals surface area contributed by atoms with Crippen molar-refractivity contribution in [2.75, 3.05) is 4.90 Å². The number of nitrogens with zero attached hydrogens (tertiary/aromatic N) is 1. The van der Waals surface area contributed by atoms with Crippen molar-refractivity contribution in [2.45, 2.75) is 50.9 Å². The summed E-state index contributed by atoms with van der Waals surface area (Å²) in [5.74, 6) is 0.326. The Hall–Kier alpha value is -5.66. The van der Waals surface area contributed by atoms with Crippen LogP contribution in [-0.2, 0) is 10.8 Å². The molecule has 1 nitrogen and oxygen atoms in total. The minimum Gasteiger partial charge on any atom is -0.310 e. The van der Waals surface area contributed by atoms with E-state index in [2.05, 4.69) is 190 Å². The van der Waals surface area contributed by atoms with Gasteiger partial charge in [0.15, 0.2) is 0 Å². The Morgan fingerprint density at radius 1 is 0.529 bits per heavy atom. The van der Waals surface area contributed by atoms with Gasteiger partial charge in [0.25, 0.3) is 0 Å². The van der Waals surface area contributed by atoms with Crippen LogP contribution in [0.25, 0.3) is 43.8 Å². The molecule has 1 unspecified atom stereocenters. The zero-order valence-electron chi connectivity index (χ0n) is 29.7. The highest BCUT2D eigenvalue weighted by atomic mass is 15.2. The molecule has 0 radical (unpaired) electrons. The Bertz CT molecular complexity index is 2630. The van der Waals surface area contributed by atoms with Crippen molar-refractivity contribution in [3.63, 3.8) is 0 Å². The molecule has 1 heteroatoms. The number of anilines is 2. The van der Waals surface area contributed by atoms with Crippen LogP contribution in [0.1, 0.15) is 67.9 Å². The van der Waals surface area contributed by atoms with Gasteiger partial charge >= 0.3 is 0 Å². The quantitative estimate of drug-likeness (QED) is 0.182. The third-order valence-electron chi connectivity index (χ3n) is 12.2. The van der Waals surface area contributed by atoms with Gasteiger partial charge in [-0.25, -0.2) is 0 Å². The van der Waals surface area contributed by atoms with E-state index in [1.807, 2.05) is 0 Å². The second-order valence-corrected chi connectivity index (χ2v) is 15.7. The molecule has 51 heavy (non-hydrogen) atoms. The number of benzene rings is 7. The van der Waals surface area contributed by atoms with Gasteiger partial charge < -0.3 is 4.90 Å². The van der Waals surface area contributed by atoms with Crippen LogP contribution in [0, 0.1) is 0 Å². The Morgan fingerprint density at radius 3 is 1.96 bits per heavy atom. The number of allylic oxidation sites excluding steroid dienone is 3. The largest absolute Gasteiger partial charge is 0.310 e. The van der Waals surface area contributed by atoms with E-state index in [1.165, 1.54) is 88.7 Å². The van der Waals surface area contributed by atoms with E-state index < -0.39 is 0 Å². The summed E-state index contributed by atoms with van der Waals surface area (Å²) in [6, 6.07) is 52.3. The molecule has 0 saturated carbocycles. The summed E-state index contributed by atoms with van der Waals surface area (Å²) in [6.45, 7) is 9.55. The molecule has 3 aliphatic carbocycles. The highest BCUT2D eigenvalue weighted by Gasteiger charge is 2.40. The summed E-state index contributed by atoms with van der Waals surface area (Å²) >= 11 is 0. The molecule has 0 saturated heterocycles. The number of hydrogen-bond acceptors (Lipinski definition) is 1. The predicted molar refractivity (Wildman–Crippen MR) is 216 cm³/mol. The monoisotopic (exact) mass is 655 g/mol. The molecular formula is C50H41N. The molecule has 10 rings (SSSR count). The van der Waals surface area contributed by atoms with Gasteiger partial charge in [-0.1, -0.05) is 161 Å². The lowest BCUT2D eigenvalue weighted by molar-refractivity contribution is 0.660. The van der Waals surface area contributed by atoms with E-state index in [1.54, 1.807) is 0 Å². The van der Waals surface area contributed by atoms with Gasteiger partial charge in [0, 0.05) is 39.1 Å². The topological polar surface area (TPSA) is 3.24 Å². The molecule has 0 aliphatic heterocycles. The van der Waals surface area contributed by atoms with Gasteiger partial charge in [-0.2, -0.15) is 0 Å². The van der Waals surface area contributed by atoms with Crippen LogP contribution in [0.15, 0.2) is 163 Å². The summed E-state index contributed by atoms with van der Waals surface area (Å²) < 4.78 is 0. The average molecular weight is 656 g/mol. The van der Waals surface area contributed by atoms with E-state index in [0.717, 1.165) is 6.42 Å². The Morgan fingerprint density at radius 2 is 1.18 bits per heavy atom. The highest BCUT2D eigenvalue weighted by molar-refractivity contribution is 6.09. The van der Waals surface area contributed by atoms with E-state index >= 15 is 0 Å². The maximum atomic E-state index is 2.59. The fourth-order valence-corrected chi connectivity index (χ4v) is 9.42. The summed E-state index contributed by atoms with van der Waals surface area (Å²) in [5.41, 5.74) is 15.8.